The lowest BCUT2D eigenvalue weighted by Gasteiger charge is -2.42. The maximum atomic E-state index is 11.5. The van der Waals surface area contributed by atoms with Crippen molar-refractivity contribution < 1.29 is 9.22 Å². The smallest absolute Gasteiger partial charge is 0.268 e. The van der Waals surface area contributed by atoms with Crippen LogP contribution >= 0.6 is 0 Å². The second-order valence-electron chi connectivity index (χ2n) is 9.01. The molecular formula is C23H37N3O2Si. The Labute approximate surface area is 176 Å². The first-order valence-electron chi connectivity index (χ1n) is 10.6. The van der Waals surface area contributed by atoms with Gasteiger partial charge in [-0.3, -0.25) is 4.79 Å². The Balaban J connectivity index is 2.21. The molecule has 2 N–H and O–H groups in total. The Morgan fingerprint density at radius 1 is 1.21 bits per heavy atom. The number of hydrogen-bond acceptors (Lipinski definition) is 3. The van der Waals surface area contributed by atoms with Crippen LogP contribution in [0.1, 0.15) is 68.7 Å². The summed E-state index contributed by atoms with van der Waals surface area (Å²) in [6, 6.07) is 11.0. The minimum Gasteiger partial charge on any atom is -0.414 e. The molecule has 1 amide bonds. The van der Waals surface area contributed by atoms with E-state index in [0.29, 0.717) is 12.3 Å². The summed E-state index contributed by atoms with van der Waals surface area (Å²) in [6.45, 7) is 14.1. The predicted octanol–water partition coefficient (Wildman–Crippen LogP) is 5.27. The molecule has 0 spiro atoms. The Morgan fingerprint density at radius 2 is 1.83 bits per heavy atom. The van der Waals surface area contributed by atoms with E-state index in [2.05, 4.69) is 70.8 Å². The molecule has 0 bridgehead atoms. The molecule has 6 heteroatoms. The van der Waals surface area contributed by atoms with Crippen LogP contribution in [0.2, 0.25) is 17.1 Å². The van der Waals surface area contributed by atoms with Gasteiger partial charge in [0.05, 0.1) is 19.0 Å². The average Bonchev–Trinajstić information content (AvgIpc) is 3.15. The van der Waals surface area contributed by atoms with Gasteiger partial charge in [-0.25, -0.2) is 4.98 Å². The molecule has 2 aromatic rings. The molecule has 1 unspecified atom stereocenters. The fraction of sp³-hybridized carbons (Fsp3) is 0.565. The highest BCUT2D eigenvalue weighted by Gasteiger charge is 2.43. The molecule has 0 aliphatic rings. The van der Waals surface area contributed by atoms with Gasteiger partial charge in [-0.05, 0) is 42.5 Å². The number of rotatable bonds is 10. The number of carbonyl (C=O) groups is 1. The molecule has 0 saturated carbocycles. The standard InChI is InChI=1S/C23H37N3O2Si/c1-7-29(8-2,23(4,5)6)28-16-20(26-15-21(22(24)27)25-17-26)14-13-19-11-9-18(3)10-12-19/h9-12,15,17,20H,7-8,13-14,16H2,1-6H3,(H2,24,27). The molecule has 0 fully saturated rings. The lowest BCUT2D eigenvalue weighted by molar-refractivity contribution is 0.0995. The van der Waals surface area contributed by atoms with E-state index in [1.165, 1.54) is 11.1 Å². The summed E-state index contributed by atoms with van der Waals surface area (Å²) >= 11 is 0. The molecule has 0 aliphatic heterocycles. The maximum absolute atomic E-state index is 11.5. The molecule has 0 aliphatic carbocycles. The van der Waals surface area contributed by atoms with Gasteiger partial charge < -0.3 is 14.7 Å². The number of nitrogens with two attached hydrogens (primary N) is 1. The van der Waals surface area contributed by atoms with Crippen LogP contribution in [0.3, 0.4) is 0 Å². The number of benzene rings is 1. The molecule has 1 atom stereocenters. The van der Waals surface area contributed by atoms with E-state index in [0.717, 1.165) is 24.9 Å². The molecule has 5 nitrogen and oxygen atoms in total. The predicted molar refractivity (Wildman–Crippen MR) is 122 cm³/mol. The van der Waals surface area contributed by atoms with Crippen LogP contribution in [0.5, 0.6) is 0 Å². The molecule has 29 heavy (non-hydrogen) atoms. The van der Waals surface area contributed by atoms with Gasteiger partial charge in [0.1, 0.15) is 5.69 Å². The van der Waals surface area contributed by atoms with Crippen LogP contribution in [0.15, 0.2) is 36.8 Å². The molecule has 0 saturated heterocycles. The molecule has 1 aromatic heterocycles. The van der Waals surface area contributed by atoms with E-state index in [4.69, 9.17) is 10.2 Å². The van der Waals surface area contributed by atoms with Gasteiger partial charge in [-0.2, -0.15) is 0 Å². The van der Waals surface area contributed by atoms with Crippen molar-refractivity contribution in [3.63, 3.8) is 0 Å². The van der Waals surface area contributed by atoms with Gasteiger partial charge >= 0.3 is 0 Å². The number of imidazole rings is 1. The number of primary amides is 1. The third kappa shape index (κ3) is 5.79. The Bertz CT molecular complexity index is 789. The zero-order valence-corrected chi connectivity index (χ0v) is 19.9. The fourth-order valence-corrected chi connectivity index (χ4v) is 8.03. The van der Waals surface area contributed by atoms with Crippen molar-refractivity contribution >= 4 is 14.2 Å². The maximum Gasteiger partial charge on any atom is 0.268 e. The normalized spacial score (nSPS) is 13.4. The third-order valence-corrected chi connectivity index (χ3v) is 12.0. The van der Waals surface area contributed by atoms with Crippen LogP contribution < -0.4 is 5.73 Å². The van der Waals surface area contributed by atoms with Crippen molar-refractivity contribution in [1.29, 1.82) is 0 Å². The van der Waals surface area contributed by atoms with E-state index < -0.39 is 14.2 Å². The SMILES string of the molecule is CC[Si](CC)(OCC(CCc1ccc(C)cc1)n1cnc(C(N)=O)c1)C(C)(C)C. The molecule has 1 aromatic carbocycles. The van der Waals surface area contributed by atoms with Gasteiger partial charge in [0.15, 0.2) is 8.32 Å². The second-order valence-corrected chi connectivity index (χ2v) is 14.2. The average molecular weight is 416 g/mol. The number of nitrogens with zero attached hydrogens (tertiary/aromatic N) is 2. The van der Waals surface area contributed by atoms with Crippen molar-refractivity contribution in [2.75, 3.05) is 6.61 Å². The van der Waals surface area contributed by atoms with Crippen molar-refractivity contribution in [2.45, 2.75) is 77.6 Å². The first-order valence-corrected chi connectivity index (χ1v) is 13.0. The van der Waals surface area contributed by atoms with Crippen molar-refractivity contribution in [1.82, 2.24) is 9.55 Å². The van der Waals surface area contributed by atoms with Crippen molar-refractivity contribution in [3.05, 3.63) is 53.6 Å². The first-order chi connectivity index (χ1) is 13.6. The topological polar surface area (TPSA) is 70.1 Å². The van der Waals surface area contributed by atoms with Crippen molar-refractivity contribution in [3.8, 4) is 0 Å². The zero-order valence-electron chi connectivity index (χ0n) is 18.9. The highest BCUT2D eigenvalue weighted by Crippen LogP contribution is 2.42. The van der Waals surface area contributed by atoms with Crippen LogP contribution in [0.4, 0.5) is 0 Å². The lowest BCUT2D eigenvalue weighted by atomic mass is 10.0. The van der Waals surface area contributed by atoms with Crippen LogP contribution in [-0.4, -0.2) is 30.4 Å². The molecule has 2 rings (SSSR count). The van der Waals surface area contributed by atoms with E-state index in [1.807, 2.05) is 4.57 Å². The summed E-state index contributed by atoms with van der Waals surface area (Å²) in [6.07, 6.45) is 5.32. The minimum atomic E-state index is -1.90. The first kappa shape index (κ1) is 23.4. The number of aryl methyl sites for hydroxylation is 2. The third-order valence-electron chi connectivity index (χ3n) is 6.22. The second kappa shape index (κ2) is 9.72. The quantitative estimate of drug-likeness (QED) is 0.538. The van der Waals surface area contributed by atoms with Crippen LogP contribution in [-0.2, 0) is 10.8 Å². The Kier molecular flexibility index (Phi) is 7.83. The lowest BCUT2D eigenvalue weighted by Crippen LogP contribution is -2.47. The van der Waals surface area contributed by atoms with Crippen LogP contribution in [0.25, 0.3) is 0 Å². The van der Waals surface area contributed by atoms with E-state index in [9.17, 15) is 4.79 Å². The fourth-order valence-electron chi connectivity index (χ4n) is 4.06. The van der Waals surface area contributed by atoms with Gasteiger partial charge in [0.25, 0.3) is 5.91 Å². The summed E-state index contributed by atoms with van der Waals surface area (Å²) in [4.78, 5) is 15.7. The van der Waals surface area contributed by atoms with Gasteiger partial charge in [0, 0.05) is 6.20 Å². The highest BCUT2D eigenvalue weighted by atomic mass is 28.4. The monoisotopic (exact) mass is 415 g/mol. The Morgan fingerprint density at radius 3 is 2.31 bits per heavy atom. The summed E-state index contributed by atoms with van der Waals surface area (Å²) in [5.41, 5.74) is 8.28. The molecule has 0 radical (unpaired) electrons. The van der Waals surface area contributed by atoms with E-state index >= 15 is 0 Å². The van der Waals surface area contributed by atoms with E-state index in [-0.39, 0.29) is 11.1 Å². The van der Waals surface area contributed by atoms with Gasteiger partial charge in [-0.15, -0.1) is 0 Å². The summed E-state index contributed by atoms with van der Waals surface area (Å²) < 4.78 is 8.76. The molecular weight excluding hydrogens is 378 g/mol. The number of amides is 1. The highest BCUT2D eigenvalue weighted by molar-refractivity contribution is 6.76. The van der Waals surface area contributed by atoms with Crippen molar-refractivity contribution in [2.24, 2.45) is 5.73 Å². The minimum absolute atomic E-state index is 0.115. The van der Waals surface area contributed by atoms with Gasteiger partial charge in [-0.1, -0.05) is 64.4 Å². The largest absolute Gasteiger partial charge is 0.414 e. The van der Waals surface area contributed by atoms with Gasteiger partial charge in [0.2, 0.25) is 0 Å². The summed E-state index contributed by atoms with van der Waals surface area (Å²) in [7, 11) is -1.90. The van der Waals surface area contributed by atoms with Crippen LogP contribution in [0, 0.1) is 6.92 Å². The Hall–Kier alpha value is -1.92. The molecule has 160 valence electrons. The molecule has 1 heterocycles. The number of carbonyl (C=O) groups excluding carboxylic acids is 1. The number of hydrogen-bond donors (Lipinski definition) is 1. The van der Waals surface area contributed by atoms with E-state index in [1.54, 1.807) is 12.5 Å². The number of aromatic nitrogens is 2. The summed E-state index contributed by atoms with van der Waals surface area (Å²) in [5.74, 6) is -0.498. The zero-order chi connectivity index (χ0) is 21.7. The summed E-state index contributed by atoms with van der Waals surface area (Å²) in [5, 5.41) is 0.172.